The quantitative estimate of drug-likeness (QED) is 0.761. The van der Waals surface area contributed by atoms with Gasteiger partial charge in [-0.25, -0.2) is 8.78 Å². The summed E-state index contributed by atoms with van der Waals surface area (Å²) in [6.07, 6.45) is 1.55. The van der Waals surface area contributed by atoms with Gasteiger partial charge in [0.15, 0.2) is 0 Å². The second kappa shape index (κ2) is 6.75. The Morgan fingerprint density at radius 2 is 1.91 bits per heavy atom. The minimum absolute atomic E-state index is 0.181. The highest BCUT2D eigenvalue weighted by Crippen LogP contribution is 2.28. The van der Waals surface area contributed by atoms with Crippen LogP contribution in [-0.4, -0.2) is 12.5 Å². The standard InChI is InChI=1S/C17H13F2NO2S/c18-12-4-1-5-13(19)16(12)17(21)20-10-11(14-6-2-8-22-14)15-7-3-9-23-15/h1-9,11H,10H2,(H,20,21)/t11-/m0/s1. The molecule has 0 radical (unpaired) electrons. The molecule has 0 aliphatic heterocycles. The predicted octanol–water partition coefficient (Wildman–Crippen LogP) is 4.18. The van der Waals surface area contributed by atoms with Gasteiger partial charge in [0, 0.05) is 11.4 Å². The van der Waals surface area contributed by atoms with Crippen LogP contribution in [0.2, 0.25) is 0 Å². The molecule has 118 valence electrons. The number of nitrogens with one attached hydrogen (secondary N) is 1. The van der Waals surface area contributed by atoms with E-state index in [4.69, 9.17) is 4.42 Å². The van der Waals surface area contributed by atoms with E-state index < -0.39 is 23.1 Å². The second-order valence-electron chi connectivity index (χ2n) is 4.89. The topological polar surface area (TPSA) is 42.2 Å². The van der Waals surface area contributed by atoms with E-state index in [0.717, 1.165) is 17.0 Å². The summed E-state index contributed by atoms with van der Waals surface area (Å²) in [6.45, 7) is 0.181. The molecule has 1 atom stereocenters. The molecule has 0 spiro atoms. The Labute approximate surface area is 135 Å². The number of thiophene rings is 1. The molecule has 3 nitrogen and oxygen atoms in total. The van der Waals surface area contributed by atoms with Gasteiger partial charge in [-0.15, -0.1) is 11.3 Å². The molecule has 0 unspecified atom stereocenters. The maximum atomic E-state index is 13.7. The van der Waals surface area contributed by atoms with Crippen molar-refractivity contribution in [2.24, 2.45) is 0 Å². The van der Waals surface area contributed by atoms with E-state index >= 15 is 0 Å². The first-order chi connectivity index (χ1) is 11.2. The average molecular weight is 333 g/mol. The SMILES string of the molecule is O=C(NC[C@@H](c1ccco1)c1cccs1)c1c(F)cccc1F. The Hall–Kier alpha value is -2.47. The van der Waals surface area contributed by atoms with Gasteiger partial charge in [-0.1, -0.05) is 12.1 Å². The van der Waals surface area contributed by atoms with Crippen molar-refractivity contribution in [3.63, 3.8) is 0 Å². The van der Waals surface area contributed by atoms with E-state index in [2.05, 4.69) is 5.32 Å². The summed E-state index contributed by atoms with van der Waals surface area (Å²) in [7, 11) is 0. The Morgan fingerprint density at radius 3 is 2.52 bits per heavy atom. The molecule has 1 N–H and O–H groups in total. The van der Waals surface area contributed by atoms with E-state index in [1.165, 1.54) is 17.4 Å². The van der Waals surface area contributed by atoms with Crippen LogP contribution in [0.25, 0.3) is 0 Å². The lowest BCUT2D eigenvalue weighted by Gasteiger charge is -2.14. The summed E-state index contributed by atoms with van der Waals surface area (Å²) >= 11 is 1.52. The summed E-state index contributed by atoms with van der Waals surface area (Å²) < 4.78 is 32.7. The highest BCUT2D eigenvalue weighted by Gasteiger charge is 2.22. The van der Waals surface area contributed by atoms with Gasteiger partial charge in [0.1, 0.15) is 23.0 Å². The van der Waals surface area contributed by atoms with Crippen molar-refractivity contribution in [3.05, 3.63) is 81.9 Å². The maximum Gasteiger partial charge on any atom is 0.257 e. The van der Waals surface area contributed by atoms with Crippen molar-refractivity contribution in [3.8, 4) is 0 Å². The van der Waals surface area contributed by atoms with Crippen molar-refractivity contribution in [2.45, 2.75) is 5.92 Å². The molecule has 0 saturated heterocycles. The van der Waals surface area contributed by atoms with Crippen LogP contribution >= 0.6 is 11.3 Å². The molecule has 0 fully saturated rings. The molecule has 2 heterocycles. The monoisotopic (exact) mass is 333 g/mol. The van der Waals surface area contributed by atoms with Gasteiger partial charge in [0.2, 0.25) is 0 Å². The predicted molar refractivity (Wildman–Crippen MR) is 83.6 cm³/mol. The summed E-state index contributed by atoms with van der Waals surface area (Å²) in [4.78, 5) is 13.1. The van der Waals surface area contributed by atoms with Crippen molar-refractivity contribution in [1.82, 2.24) is 5.32 Å². The van der Waals surface area contributed by atoms with Crippen LogP contribution in [0.1, 0.15) is 26.9 Å². The van der Waals surface area contributed by atoms with Crippen LogP contribution in [0.3, 0.4) is 0 Å². The molecule has 1 aromatic carbocycles. The van der Waals surface area contributed by atoms with Gasteiger partial charge in [0.05, 0.1) is 12.2 Å². The molecule has 0 saturated carbocycles. The van der Waals surface area contributed by atoms with Gasteiger partial charge < -0.3 is 9.73 Å². The largest absolute Gasteiger partial charge is 0.469 e. The molecule has 0 bridgehead atoms. The van der Waals surface area contributed by atoms with Gasteiger partial charge >= 0.3 is 0 Å². The molecular weight excluding hydrogens is 320 g/mol. The number of hydrogen-bond acceptors (Lipinski definition) is 3. The normalized spacial score (nSPS) is 12.1. The van der Waals surface area contributed by atoms with Crippen LogP contribution in [0.15, 0.2) is 58.5 Å². The molecule has 3 rings (SSSR count). The van der Waals surface area contributed by atoms with Gasteiger partial charge in [-0.2, -0.15) is 0 Å². The van der Waals surface area contributed by atoms with E-state index in [-0.39, 0.29) is 12.5 Å². The average Bonchev–Trinajstić information content (AvgIpc) is 3.21. The van der Waals surface area contributed by atoms with Crippen LogP contribution in [0.5, 0.6) is 0 Å². The Morgan fingerprint density at radius 1 is 1.13 bits per heavy atom. The Kier molecular flexibility index (Phi) is 4.52. The summed E-state index contributed by atoms with van der Waals surface area (Å²) in [5, 5.41) is 4.51. The zero-order valence-electron chi connectivity index (χ0n) is 12.0. The van der Waals surface area contributed by atoms with Crippen LogP contribution in [0.4, 0.5) is 8.78 Å². The van der Waals surface area contributed by atoms with Gasteiger partial charge in [-0.3, -0.25) is 4.79 Å². The fraction of sp³-hybridized carbons (Fsp3) is 0.118. The fourth-order valence-electron chi connectivity index (χ4n) is 2.32. The summed E-state index contributed by atoms with van der Waals surface area (Å²) in [5.41, 5.74) is -0.572. The number of carbonyl (C=O) groups is 1. The highest BCUT2D eigenvalue weighted by molar-refractivity contribution is 7.10. The zero-order valence-corrected chi connectivity index (χ0v) is 12.8. The minimum atomic E-state index is -0.881. The molecule has 6 heteroatoms. The van der Waals surface area contributed by atoms with Crippen LogP contribution in [-0.2, 0) is 0 Å². The third-order valence-corrected chi connectivity index (χ3v) is 4.42. The van der Waals surface area contributed by atoms with E-state index in [1.54, 1.807) is 18.4 Å². The van der Waals surface area contributed by atoms with Gasteiger partial charge in [0.25, 0.3) is 5.91 Å². The second-order valence-corrected chi connectivity index (χ2v) is 5.87. The molecule has 23 heavy (non-hydrogen) atoms. The number of hydrogen-bond donors (Lipinski definition) is 1. The fourth-order valence-corrected chi connectivity index (χ4v) is 3.15. The third kappa shape index (κ3) is 3.32. The summed E-state index contributed by atoms with van der Waals surface area (Å²) in [5.74, 6) is -2.07. The van der Waals surface area contributed by atoms with Crippen molar-refractivity contribution >= 4 is 17.2 Å². The third-order valence-electron chi connectivity index (χ3n) is 3.43. The molecule has 3 aromatic rings. The molecule has 0 aliphatic carbocycles. The highest BCUT2D eigenvalue weighted by atomic mass is 32.1. The van der Waals surface area contributed by atoms with Crippen molar-refractivity contribution < 1.29 is 18.0 Å². The molecule has 2 aromatic heterocycles. The maximum absolute atomic E-state index is 13.7. The number of halogens is 2. The molecular formula is C17H13F2NO2S. The van der Waals surface area contributed by atoms with Crippen molar-refractivity contribution in [1.29, 1.82) is 0 Å². The number of benzene rings is 1. The smallest absolute Gasteiger partial charge is 0.257 e. The number of furan rings is 1. The minimum Gasteiger partial charge on any atom is -0.469 e. The molecule has 0 aliphatic rings. The first-order valence-corrected chi connectivity index (χ1v) is 7.84. The number of carbonyl (C=O) groups excluding carboxylic acids is 1. The Bertz CT molecular complexity index is 731. The summed E-state index contributed by atoms with van der Waals surface area (Å²) in [6, 6.07) is 10.7. The first-order valence-electron chi connectivity index (χ1n) is 6.96. The zero-order chi connectivity index (χ0) is 16.2. The lowest BCUT2D eigenvalue weighted by molar-refractivity contribution is 0.0943. The first kappa shape index (κ1) is 15.4. The van der Waals surface area contributed by atoms with E-state index in [0.29, 0.717) is 5.76 Å². The Balaban J connectivity index is 1.78. The van der Waals surface area contributed by atoms with Crippen LogP contribution in [0, 0.1) is 11.6 Å². The number of amides is 1. The molecule has 1 amide bonds. The lowest BCUT2D eigenvalue weighted by Crippen LogP contribution is -2.30. The van der Waals surface area contributed by atoms with Crippen molar-refractivity contribution in [2.75, 3.05) is 6.54 Å². The lowest BCUT2D eigenvalue weighted by atomic mass is 10.0. The van der Waals surface area contributed by atoms with Gasteiger partial charge in [-0.05, 0) is 35.7 Å². The van der Waals surface area contributed by atoms with Crippen LogP contribution < -0.4 is 5.32 Å². The number of rotatable bonds is 5. The van der Waals surface area contributed by atoms with E-state index in [1.807, 2.05) is 17.5 Å². The van der Waals surface area contributed by atoms with E-state index in [9.17, 15) is 13.6 Å².